The SMILES string of the molecule is Cc1cn([C@H]2C[C@@H](O)[C@@H](COP(=O)(NCc3cccc4c3OCO4)O[C@@H]3C[C@H](n4cnc5c(=O)[nH]c(N)nc54)O[C@@H]3CO)O2)c(=O)[nH]c1=O. The highest BCUT2D eigenvalue weighted by molar-refractivity contribution is 7.51. The first-order valence-electron chi connectivity index (χ1n) is 15.2. The van der Waals surface area contributed by atoms with E-state index in [2.05, 4.69) is 25.0 Å². The number of hydrogen-bond donors (Lipinski definition) is 6. The molecule has 2 saturated heterocycles. The highest BCUT2D eigenvalue weighted by Gasteiger charge is 2.44. The van der Waals surface area contributed by atoms with Crippen LogP contribution in [0.1, 0.15) is 36.4 Å². The Morgan fingerprint density at radius 1 is 1.10 bits per heavy atom. The number of aliphatic hydroxyl groups excluding tert-OH is 2. The molecule has 1 unspecified atom stereocenters. The number of fused-ring (bicyclic) bond motifs is 2. The minimum Gasteiger partial charge on any atom is -0.454 e. The fraction of sp³-hybridized carbons (Fsp3) is 0.464. The number of aromatic nitrogens is 6. The van der Waals surface area contributed by atoms with Crippen molar-refractivity contribution >= 4 is 24.9 Å². The number of rotatable bonds is 11. The molecule has 0 spiro atoms. The van der Waals surface area contributed by atoms with E-state index in [-0.39, 0.29) is 48.9 Å². The van der Waals surface area contributed by atoms with Gasteiger partial charge in [0.05, 0.1) is 25.6 Å². The van der Waals surface area contributed by atoms with Gasteiger partial charge in [-0.1, -0.05) is 12.1 Å². The molecule has 0 aliphatic carbocycles. The number of aryl methyl sites for hydroxylation is 1. The summed E-state index contributed by atoms with van der Waals surface area (Å²) in [5.74, 6) is 0.823. The molecule has 7 atom stereocenters. The van der Waals surface area contributed by atoms with Crippen LogP contribution in [0.2, 0.25) is 0 Å². The van der Waals surface area contributed by atoms with Crippen molar-refractivity contribution in [2.24, 2.45) is 0 Å². The molecule has 0 amide bonds. The number of ether oxygens (including phenoxy) is 4. The molecule has 4 aromatic rings. The lowest BCUT2D eigenvalue weighted by molar-refractivity contribution is -0.0523. The molecule has 49 heavy (non-hydrogen) atoms. The summed E-state index contributed by atoms with van der Waals surface area (Å²) in [6.07, 6.45) is -3.31. The van der Waals surface area contributed by atoms with Gasteiger partial charge in [-0.3, -0.25) is 37.7 Å². The molecular weight excluding hydrogens is 671 g/mol. The van der Waals surface area contributed by atoms with E-state index in [1.165, 1.54) is 24.0 Å². The Labute approximate surface area is 275 Å². The molecule has 0 saturated carbocycles. The zero-order chi connectivity index (χ0) is 34.4. The molecule has 7 rings (SSSR count). The van der Waals surface area contributed by atoms with Crippen molar-refractivity contribution in [2.75, 3.05) is 25.7 Å². The Hall–Kier alpha value is -4.40. The molecule has 7 N–H and O–H groups in total. The summed E-state index contributed by atoms with van der Waals surface area (Å²) >= 11 is 0. The van der Waals surface area contributed by atoms with Crippen LogP contribution in [0.15, 0.2) is 45.1 Å². The Bertz CT molecular complexity index is 2100. The summed E-state index contributed by atoms with van der Waals surface area (Å²) in [4.78, 5) is 49.4. The first kappa shape index (κ1) is 33.1. The van der Waals surface area contributed by atoms with Crippen LogP contribution in [0.25, 0.3) is 11.2 Å². The molecular formula is C28H33N8O12P. The Morgan fingerprint density at radius 3 is 2.71 bits per heavy atom. The molecule has 262 valence electrons. The van der Waals surface area contributed by atoms with E-state index in [1.807, 2.05) is 0 Å². The van der Waals surface area contributed by atoms with Crippen molar-refractivity contribution < 1.29 is 42.8 Å². The average molecular weight is 705 g/mol. The lowest BCUT2D eigenvalue weighted by Crippen LogP contribution is -2.33. The lowest BCUT2D eigenvalue weighted by atomic mass is 10.2. The fourth-order valence-corrected chi connectivity index (χ4v) is 7.42. The summed E-state index contributed by atoms with van der Waals surface area (Å²) in [6, 6.07) is 5.19. The molecule has 1 aromatic carbocycles. The molecule has 3 aromatic heterocycles. The summed E-state index contributed by atoms with van der Waals surface area (Å²) in [7, 11) is -4.33. The average Bonchev–Trinajstić information content (AvgIpc) is 3.87. The number of nitrogens with one attached hydrogen (secondary N) is 3. The largest absolute Gasteiger partial charge is 0.454 e. The third-order valence-corrected chi connectivity index (χ3v) is 9.99. The number of imidazole rings is 1. The van der Waals surface area contributed by atoms with Crippen LogP contribution in [-0.4, -0.2) is 83.7 Å². The molecule has 0 bridgehead atoms. The van der Waals surface area contributed by atoms with Gasteiger partial charge in [-0.15, -0.1) is 0 Å². The molecule has 21 heteroatoms. The Kier molecular flexibility index (Phi) is 8.88. The van der Waals surface area contributed by atoms with E-state index in [1.54, 1.807) is 18.2 Å². The number of anilines is 1. The van der Waals surface area contributed by atoms with Crippen LogP contribution in [0.4, 0.5) is 5.95 Å². The van der Waals surface area contributed by atoms with Crippen LogP contribution < -0.4 is 37.1 Å². The van der Waals surface area contributed by atoms with Crippen LogP contribution in [-0.2, 0) is 29.6 Å². The quantitative estimate of drug-likeness (QED) is 0.108. The molecule has 3 aliphatic heterocycles. The third kappa shape index (κ3) is 6.52. The van der Waals surface area contributed by atoms with Gasteiger partial charge in [-0.2, -0.15) is 4.98 Å². The van der Waals surface area contributed by atoms with Crippen molar-refractivity contribution in [3.63, 3.8) is 0 Å². The second-order valence-electron chi connectivity index (χ2n) is 11.7. The number of hydrogen-bond acceptors (Lipinski definition) is 15. The minimum absolute atomic E-state index is 0.0152. The third-order valence-electron chi connectivity index (χ3n) is 8.41. The maximum absolute atomic E-state index is 14.5. The zero-order valence-corrected chi connectivity index (χ0v) is 26.8. The highest BCUT2D eigenvalue weighted by atomic mass is 31.2. The van der Waals surface area contributed by atoms with Gasteiger partial charge in [0.2, 0.25) is 12.7 Å². The van der Waals surface area contributed by atoms with Gasteiger partial charge < -0.3 is 34.9 Å². The number of aliphatic hydroxyl groups is 2. The summed E-state index contributed by atoms with van der Waals surface area (Å²) in [5.41, 5.74) is 4.95. The molecule has 0 radical (unpaired) electrons. The summed E-state index contributed by atoms with van der Waals surface area (Å²) in [5, 5.41) is 23.8. The van der Waals surface area contributed by atoms with E-state index in [0.717, 1.165) is 4.57 Å². The Balaban J connectivity index is 1.11. The Morgan fingerprint density at radius 2 is 1.90 bits per heavy atom. The molecule has 20 nitrogen and oxygen atoms in total. The van der Waals surface area contributed by atoms with E-state index in [0.29, 0.717) is 17.1 Å². The summed E-state index contributed by atoms with van der Waals surface area (Å²) in [6.45, 7) is 0.509. The van der Waals surface area contributed by atoms with Crippen molar-refractivity contribution in [1.29, 1.82) is 0 Å². The van der Waals surface area contributed by atoms with Crippen LogP contribution >= 0.6 is 7.75 Å². The number of H-pyrrole nitrogens is 2. The highest BCUT2D eigenvalue weighted by Crippen LogP contribution is 2.50. The number of benzene rings is 1. The van der Waals surface area contributed by atoms with Crippen LogP contribution in [0.3, 0.4) is 0 Å². The first-order chi connectivity index (χ1) is 23.5. The number of nitrogen functional groups attached to an aromatic ring is 1. The molecule has 3 aliphatic rings. The summed E-state index contributed by atoms with van der Waals surface area (Å²) < 4.78 is 51.9. The normalized spacial score (nSPS) is 26.0. The monoisotopic (exact) mass is 704 g/mol. The van der Waals surface area contributed by atoms with Gasteiger partial charge >= 0.3 is 13.4 Å². The predicted molar refractivity (Wildman–Crippen MR) is 167 cm³/mol. The molecule has 2 fully saturated rings. The molecule has 6 heterocycles. The number of nitrogens with zero attached hydrogens (tertiary/aromatic N) is 4. The predicted octanol–water partition coefficient (Wildman–Crippen LogP) is -0.483. The standard InChI is InChI=1S/C28H33N8O12P/c1-13-8-35(28(41)34-25(13)39)20-5-15(38)19(47-20)10-45-49(42,31-7-14-3-2-4-16-23(14)44-12-43-16)48-17-6-21(46-18(17)9-37)36-11-30-22-24(36)32-27(29)33-26(22)40/h2-4,8,11,15,17-21,37-38H,5-7,9-10,12H2,1H3,(H,31,42)(H,34,39,41)(H3,29,32,33,40)/t15-,17-,18-,19-,20-,21-,49?/m1/s1. The number of para-hydroxylation sites is 1. The zero-order valence-electron chi connectivity index (χ0n) is 25.9. The van der Waals surface area contributed by atoms with Gasteiger partial charge in [0.25, 0.3) is 11.1 Å². The van der Waals surface area contributed by atoms with E-state index in [4.69, 9.17) is 33.7 Å². The second-order valence-corrected chi connectivity index (χ2v) is 13.4. The number of aromatic amines is 2. The van der Waals surface area contributed by atoms with E-state index in [9.17, 15) is 29.2 Å². The fourth-order valence-electron chi connectivity index (χ4n) is 5.91. The lowest BCUT2D eigenvalue weighted by Gasteiger charge is -2.26. The smallest absolute Gasteiger partial charge is 0.406 e. The van der Waals surface area contributed by atoms with Crippen molar-refractivity contribution in [3.05, 3.63) is 73.0 Å². The minimum atomic E-state index is -4.33. The van der Waals surface area contributed by atoms with Gasteiger partial charge in [0.15, 0.2) is 22.7 Å². The topological polar surface area (TPSA) is 269 Å². The van der Waals surface area contributed by atoms with Crippen molar-refractivity contribution in [2.45, 2.75) is 63.2 Å². The number of nitrogens with two attached hydrogens (primary N) is 1. The van der Waals surface area contributed by atoms with Gasteiger partial charge in [-0.25, -0.2) is 19.4 Å². The van der Waals surface area contributed by atoms with Crippen molar-refractivity contribution in [1.82, 2.24) is 34.2 Å². The van der Waals surface area contributed by atoms with Crippen LogP contribution in [0, 0.1) is 6.92 Å². The second kappa shape index (κ2) is 13.1. The van der Waals surface area contributed by atoms with Crippen LogP contribution in [0.5, 0.6) is 11.5 Å². The van der Waals surface area contributed by atoms with Crippen molar-refractivity contribution in [3.8, 4) is 11.5 Å². The first-order valence-corrected chi connectivity index (χ1v) is 16.8. The maximum Gasteiger partial charge on any atom is 0.406 e. The van der Waals surface area contributed by atoms with Gasteiger partial charge in [0, 0.05) is 36.7 Å². The van der Waals surface area contributed by atoms with E-state index >= 15 is 0 Å². The van der Waals surface area contributed by atoms with Gasteiger partial charge in [-0.05, 0) is 13.0 Å². The van der Waals surface area contributed by atoms with Gasteiger partial charge in [0.1, 0.15) is 30.8 Å². The van der Waals surface area contributed by atoms with E-state index < -0.39 is 74.6 Å². The maximum atomic E-state index is 14.5.